The number of benzene rings is 2. The van der Waals surface area contributed by atoms with Gasteiger partial charge in [-0.1, -0.05) is 17.7 Å². The molecular formula is C22H24ClFN6. The quantitative estimate of drug-likeness (QED) is 0.544. The smallest absolute Gasteiger partial charge is 0.232 e. The van der Waals surface area contributed by atoms with Gasteiger partial charge in [0.1, 0.15) is 17.2 Å². The maximum Gasteiger partial charge on any atom is 0.232 e. The second kappa shape index (κ2) is 7.56. The Morgan fingerprint density at radius 2 is 2.03 bits per heavy atom. The number of para-hydroxylation sites is 1. The summed E-state index contributed by atoms with van der Waals surface area (Å²) in [5.41, 5.74) is 8.84. The average molecular weight is 427 g/mol. The van der Waals surface area contributed by atoms with Gasteiger partial charge in [-0.3, -0.25) is 0 Å². The zero-order valence-electron chi connectivity index (χ0n) is 16.7. The summed E-state index contributed by atoms with van der Waals surface area (Å²) in [6.45, 7) is 3.98. The number of hydrogen-bond acceptors (Lipinski definition) is 6. The van der Waals surface area contributed by atoms with Crippen molar-refractivity contribution in [1.82, 2.24) is 15.3 Å². The molecule has 8 heteroatoms. The Balaban J connectivity index is 1.63. The van der Waals surface area contributed by atoms with Gasteiger partial charge in [0, 0.05) is 30.2 Å². The van der Waals surface area contributed by atoms with Crippen LogP contribution in [0.2, 0.25) is 5.02 Å². The Morgan fingerprint density at radius 3 is 2.70 bits per heavy atom. The van der Waals surface area contributed by atoms with E-state index in [1.807, 2.05) is 23.1 Å². The molecule has 1 saturated carbocycles. The zero-order chi connectivity index (χ0) is 20.8. The standard InChI is InChI=1S/C22H24ClFN6/c1-12(13-5-6-13)30(15-7-8-18(24)17(23)9-15)22-28-20-16(21(25)29-22)3-2-4-19(20)27-14-10-26-11-14/h2-4,7-9,12-14,26-27H,5-6,10-11H2,1H3,(H2,25,28,29)/t12-/m1/s1. The second-order valence-corrected chi connectivity index (χ2v) is 8.56. The van der Waals surface area contributed by atoms with E-state index in [0.717, 1.165) is 48.2 Å². The van der Waals surface area contributed by atoms with E-state index in [9.17, 15) is 4.39 Å². The van der Waals surface area contributed by atoms with Crippen molar-refractivity contribution in [3.05, 3.63) is 47.2 Å². The first-order valence-corrected chi connectivity index (χ1v) is 10.7. The molecule has 30 heavy (non-hydrogen) atoms. The fourth-order valence-corrected chi connectivity index (χ4v) is 4.13. The molecule has 0 spiro atoms. The van der Waals surface area contributed by atoms with Gasteiger partial charge in [-0.15, -0.1) is 0 Å². The maximum absolute atomic E-state index is 13.8. The molecule has 0 amide bonds. The summed E-state index contributed by atoms with van der Waals surface area (Å²) in [7, 11) is 0. The van der Waals surface area contributed by atoms with E-state index in [1.54, 1.807) is 12.1 Å². The van der Waals surface area contributed by atoms with Crippen LogP contribution in [0.25, 0.3) is 10.9 Å². The Bertz CT molecular complexity index is 1100. The molecule has 2 fully saturated rings. The first-order chi connectivity index (χ1) is 14.5. The molecule has 1 aliphatic carbocycles. The minimum absolute atomic E-state index is 0.0779. The van der Waals surface area contributed by atoms with Crippen LogP contribution in [0.3, 0.4) is 0 Å². The first kappa shape index (κ1) is 19.3. The van der Waals surface area contributed by atoms with Crippen molar-refractivity contribution < 1.29 is 4.39 Å². The maximum atomic E-state index is 13.8. The Hall–Kier alpha value is -2.64. The summed E-state index contributed by atoms with van der Waals surface area (Å²) in [6, 6.07) is 11.1. The van der Waals surface area contributed by atoms with E-state index in [0.29, 0.717) is 23.7 Å². The van der Waals surface area contributed by atoms with Crippen molar-refractivity contribution in [3.63, 3.8) is 0 Å². The molecule has 4 N–H and O–H groups in total. The number of nitrogen functional groups attached to an aromatic ring is 1. The van der Waals surface area contributed by atoms with Gasteiger partial charge in [-0.05, 0) is 56.0 Å². The zero-order valence-corrected chi connectivity index (χ0v) is 17.5. The SMILES string of the molecule is C[C@H](C1CC1)N(c1ccc(F)c(Cl)c1)c1nc(N)c2cccc(NC3CNC3)c2n1. The number of nitrogens with zero attached hydrogens (tertiary/aromatic N) is 3. The van der Waals surface area contributed by atoms with Crippen LogP contribution in [0.4, 0.5) is 27.5 Å². The van der Waals surface area contributed by atoms with Crippen LogP contribution in [-0.2, 0) is 0 Å². The van der Waals surface area contributed by atoms with Crippen LogP contribution in [0, 0.1) is 11.7 Å². The molecule has 3 aromatic rings. The van der Waals surface area contributed by atoms with E-state index < -0.39 is 5.82 Å². The fourth-order valence-electron chi connectivity index (χ4n) is 3.96. The first-order valence-electron chi connectivity index (χ1n) is 10.3. The molecule has 0 bridgehead atoms. The van der Waals surface area contributed by atoms with E-state index in [2.05, 4.69) is 22.5 Å². The summed E-state index contributed by atoms with van der Waals surface area (Å²) in [5, 5.41) is 7.69. The van der Waals surface area contributed by atoms with E-state index in [4.69, 9.17) is 22.3 Å². The van der Waals surface area contributed by atoms with Crippen molar-refractivity contribution in [1.29, 1.82) is 0 Å². The highest BCUT2D eigenvalue weighted by molar-refractivity contribution is 6.31. The third-order valence-corrected chi connectivity index (χ3v) is 6.28. The monoisotopic (exact) mass is 426 g/mol. The summed E-state index contributed by atoms with van der Waals surface area (Å²) >= 11 is 6.09. The van der Waals surface area contributed by atoms with Crippen molar-refractivity contribution in [3.8, 4) is 0 Å². The molecule has 0 radical (unpaired) electrons. The molecule has 1 saturated heterocycles. The van der Waals surface area contributed by atoms with Gasteiger partial charge in [0.25, 0.3) is 0 Å². The van der Waals surface area contributed by atoms with Crippen LogP contribution in [-0.4, -0.2) is 35.1 Å². The molecule has 0 unspecified atom stereocenters. The van der Waals surface area contributed by atoms with E-state index in [1.165, 1.54) is 6.07 Å². The molecule has 156 valence electrons. The normalized spacial score (nSPS) is 17.6. The van der Waals surface area contributed by atoms with Crippen LogP contribution in [0.15, 0.2) is 36.4 Å². The fraction of sp³-hybridized carbons (Fsp3) is 0.364. The largest absolute Gasteiger partial charge is 0.383 e. The highest BCUT2D eigenvalue weighted by Crippen LogP contribution is 2.41. The Labute approximate surface area is 179 Å². The van der Waals surface area contributed by atoms with Crippen molar-refractivity contribution >= 4 is 45.6 Å². The van der Waals surface area contributed by atoms with Crippen LogP contribution in [0.1, 0.15) is 19.8 Å². The average Bonchev–Trinajstić information content (AvgIpc) is 3.53. The number of nitrogens with one attached hydrogen (secondary N) is 2. The molecule has 1 aromatic heterocycles. The lowest BCUT2D eigenvalue weighted by Gasteiger charge is -2.31. The van der Waals surface area contributed by atoms with Crippen LogP contribution >= 0.6 is 11.6 Å². The van der Waals surface area contributed by atoms with Gasteiger partial charge in [0.2, 0.25) is 5.95 Å². The van der Waals surface area contributed by atoms with Gasteiger partial charge in [0.15, 0.2) is 0 Å². The van der Waals surface area contributed by atoms with Crippen molar-refractivity contribution in [2.75, 3.05) is 29.0 Å². The highest BCUT2D eigenvalue weighted by Gasteiger charge is 2.34. The molecular weight excluding hydrogens is 403 g/mol. The highest BCUT2D eigenvalue weighted by atomic mass is 35.5. The minimum Gasteiger partial charge on any atom is -0.383 e. The number of fused-ring (bicyclic) bond motifs is 1. The summed E-state index contributed by atoms with van der Waals surface area (Å²) in [4.78, 5) is 11.6. The van der Waals surface area contributed by atoms with Gasteiger partial charge in [-0.25, -0.2) is 9.37 Å². The van der Waals surface area contributed by atoms with Gasteiger partial charge in [-0.2, -0.15) is 4.98 Å². The molecule has 1 aliphatic heterocycles. The lowest BCUT2D eigenvalue weighted by atomic mass is 10.1. The van der Waals surface area contributed by atoms with Crippen LogP contribution < -0.4 is 21.3 Å². The predicted octanol–water partition coefficient (Wildman–Crippen LogP) is 4.32. The minimum atomic E-state index is -0.445. The lowest BCUT2D eigenvalue weighted by molar-refractivity contribution is 0.472. The lowest BCUT2D eigenvalue weighted by Crippen LogP contribution is -2.51. The van der Waals surface area contributed by atoms with E-state index in [-0.39, 0.29) is 11.1 Å². The summed E-state index contributed by atoms with van der Waals surface area (Å²) in [5.74, 6) is 1.01. The van der Waals surface area contributed by atoms with Gasteiger partial charge >= 0.3 is 0 Å². The van der Waals surface area contributed by atoms with Crippen molar-refractivity contribution in [2.24, 2.45) is 5.92 Å². The van der Waals surface area contributed by atoms with E-state index >= 15 is 0 Å². The third kappa shape index (κ3) is 3.52. The second-order valence-electron chi connectivity index (χ2n) is 8.16. The molecule has 2 aromatic carbocycles. The number of rotatable bonds is 6. The van der Waals surface area contributed by atoms with Gasteiger partial charge in [0.05, 0.1) is 16.8 Å². The molecule has 1 atom stereocenters. The number of nitrogens with two attached hydrogens (primary N) is 1. The predicted molar refractivity (Wildman–Crippen MR) is 120 cm³/mol. The van der Waals surface area contributed by atoms with Crippen molar-refractivity contribution in [2.45, 2.75) is 31.8 Å². The molecule has 2 aliphatic rings. The molecule has 2 heterocycles. The Morgan fingerprint density at radius 1 is 1.23 bits per heavy atom. The Kier molecular flexibility index (Phi) is 4.87. The molecule has 6 nitrogen and oxygen atoms in total. The number of anilines is 4. The number of halogens is 2. The number of aromatic nitrogens is 2. The topological polar surface area (TPSA) is 79.1 Å². The third-order valence-electron chi connectivity index (χ3n) is 5.99. The summed E-state index contributed by atoms with van der Waals surface area (Å²) < 4.78 is 13.8. The number of hydrogen-bond donors (Lipinski definition) is 3. The van der Waals surface area contributed by atoms with Gasteiger partial charge < -0.3 is 21.3 Å². The summed E-state index contributed by atoms with van der Waals surface area (Å²) in [6.07, 6.45) is 2.30. The van der Waals surface area contributed by atoms with Crippen LogP contribution in [0.5, 0.6) is 0 Å². The molecule has 5 rings (SSSR count).